The molecule has 0 spiro atoms. The molecular formula is C11H25N3O. The zero-order chi connectivity index (χ0) is 11.7. The Morgan fingerprint density at radius 1 is 1.33 bits per heavy atom. The summed E-state index contributed by atoms with van der Waals surface area (Å²) in [6.07, 6.45) is 4.04. The topological polar surface area (TPSA) is 70.6 Å². The monoisotopic (exact) mass is 215 g/mol. The van der Waals surface area contributed by atoms with Crippen molar-refractivity contribution in [1.29, 1.82) is 0 Å². The maximum absolute atomic E-state index is 8.33. The molecule has 0 radical (unpaired) electrons. The van der Waals surface area contributed by atoms with Crippen molar-refractivity contribution >= 4 is 5.84 Å². The highest BCUT2D eigenvalue weighted by Gasteiger charge is 2.02. The lowest BCUT2D eigenvalue weighted by Crippen LogP contribution is -2.28. The molecule has 0 amide bonds. The van der Waals surface area contributed by atoms with Crippen LogP contribution >= 0.6 is 0 Å². The molecule has 0 aromatic rings. The molecule has 0 saturated heterocycles. The van der Waals surface area contributed by atoms with E-state index in [4.69, 9.17) is 10.9 Å². The molecular weight excluding hydrogens is 190 g/mol. The van der Waals surface area contributed by atoms with Crippen molar-refractivity contribution in [1.82, 2.24) is 5.32 Å². The first kappa shape index (κ1) is 14.2. The molecule has 0 aliphatic carbocycles. The van der Waals surface area contributed by atoms with Crippen LogP contribution in [0, 0.1) is 5.92 Å². The molecule has 0 fully saturated rings. The number of hydrogen-bond donors (Lipinski definition) is 3. The molecule has 4 heteroatoms. The first-order chi connectivity index (χ1) is 7.06. The summed E-state index contributed by atoms with van der Waals surface area (Å²) in [5.74, 6) is 1.08. The van der Waals surface area contributed by atoms with E-state index in [1.54, 1.807) is 0 Å². The van der Waals surface area contributed by atoms with Crippen molar-refractivity contribution < 1.29 is 5.21 Å². The Hall–Kier alpha value is -0.770. The third-order valence-electron chi connectivity index (χ3n) is 2.41. The first-order valence-electron chi connectivity index (χ1n) is 5.76. The Morgan fingerprint density at radius 2 is 2.00 bits per heavy atom. The van der Waals surface area contributed by atoms with Crippen LogP contribution in [0.3, 0.4) is 0 Å². The van der Waals surface area contributed by atoms with Crippen LogP contribution in [0.1, 0.15) is 46.5 Å². The Labute approximate surface area is 92.9 Å². The molecule has 0 aromatic heterocycles. The zero-order valence-electron chi connectivity index (χ0n) is 10.2. The van der Waals surface area contributed by atoms with Crippen LogP contribution in [-0.4, -0.2) is 23.6 Å². The van der Waals surface area contributed by atoms with E-state index in [0.29, 0.717) is 18.3 Å². The third-order valence-corrected chi connectivity index (χ3v) is 2.41. The number of amidine groups is 1. The Morgan fingerprint density at radius 3 is 2.53 bits per heavy atom. The largest absolute Gasteiger partial charge is 0.409 e. The van der Waals surface area contributed by atoms with Crippen LogP contribution < -0.4 is 11.1 Å². The summed E-state index contributed by atoms with van der Waals surface area (Å²) in [4.78, 5) is 0. The molecule has 0 rings (SSSR count). The summed E-state index contributed by atoms with van der Waals surface area (Å²) < 4.78 is 0. The quantitative estimate of drug-likeness (QED) is 0.190. The number of oxime groups is 1. The molecule has 0 aliphatic rings. The summed E-state index contributed by atoms with van der Waals surface area (Å²) in [5.41, 5.74) is 5.36. The second kappa shape index (κ2) is 8.53. The minimum absolute atomic E-state index is 0.312. The normalized spacial score (nSPS) is 14.5. The first-order valence-corrected chi connectivity index (χ1v) is 5.76. The van der Waals surface area contributed by atoms with Gasteiger partial charge in [-0.2, -0.15) is 0 Å². The van der Waals surface area contributed by atoms with E-state index in [1.807, 2.05) is 0 Å². The van der Waals surface area contributed by atoms with Gasteiger partial charge in [0.15, 0.2) is 0 Å². The van der Waals surface area contributed by atoms with Crippen molar-refractivity contribution in [3.63, 3.8) is 0 Å². The lowest BCUT2D eigenvalue weighted by molar-refractivity contribution is 0.316. The van der Waals surface area contributed by atoms with Gasteiger partial charge in [-0.3, -0.25) is 0 Å². The van der Waals surface area contributed by atoms with E-state index in [-0.39, 0.29) is 0 Å². The standard InChI is InChI=1S/C11H25N3O/c1-9(2)6-7-10(3)13-8-4-5-11(12)14-15/h9-10,13,15H,4-8H2,1-3H3,(H2,12,14). The summed E-state index contributed by atoms with van der Waals surface area (Å²) in [6, 6.07) is 0.555. The van der Waals surface area contributed by atoms with E-state index in [9.17, 15) is 0 Å². The average molecular weight is 215 g/mol. The average Bonchev–Trinajstić information content (AvgIpc) is 2.21. The van der Waals surface area contributed by atoms with Crippen molar-refractivity contribution in [3.05, 3.63) is 0 Å². The molecule has 0 bridgehead atoms. The second-order valence-corrected chi connectivity index (χ2v) is 4.52. The van der Waals surface area contributed by atoms with Gasteiger partial charge in [0.2, 0.25) is 0 Å². The SMILES string of the molecule is CC(C)CCC(C)NCCCC(N)=NO. The highest BCUT2D eigenvalue weighted by Crippen LogP contribution is 2.06. The fourth-order valence-corrected chi connectivity index (χ4v) is 1.35. The van der Waals surface area contributed by atoms with Gasteiger partial charge < -0.3 is 16.3 Å². The fourth-order valence-electron chi connectivity index (χ4n) is 1.35. The maximum atomic E-state index is 8.33. The van der Waals surface area contributed by atoms with Crippen LogP contribution in [0.4, 0.5) is 0 Å². The summed E-state index contributed by atoms with van der Waals surface area (Å²) in [6.45, 7) is 7.61. The third kappa shape index (κ3) is 9.53. The fraction of sp³-hybridized carbons (Fsp3) is 0.909. The van der Waals surface area contributed by atoms with Crippen molar-refractivity contribution in [2.75, 3.05) is 6.54 Å². The lowest BCUT2D eigenvalue weighted by Gasteiger charge is -2.14. The highest BCUT2D eigenvalue weighted by molar-refractivity contribution is 5.79. The molecule has 0 heterocycles. The zero-order valence-corrected chi connectivity index (χ0v) is 10.2. The predicted molar refractivity (Wildman–Crippen MR) is 64.2 cm³/mol. The molecule has 1 unspecified atom stereocenters. The highest BCUT2D eigenvalue weighted by atomic mass is 16.4. The maximum Gasteiger partial charge on any atom is 0.139 e. The smallest absolute Gasteiger partial charge is 0.139 e. The van der Waals surface area contributed by atoms with Crippen LogP contribution in [0.25, 0.3) is 0 Å². The van der Waals surface area contributed by atoms with Crippen LogP contribution in [0.15, 0.2) is 5.16 Å². The predicted octanol–water partition coefficient (Wildman–Crippen LogP) is 1.93. The van der Waals surface area contributed by atoms with Gasteiger partial charge in [0.1, 0.15) is 5.84 Å². The van der Waals surface area contributed by atoms with Gasteiger partial charge in [-0.25, -0.2) is 0 Å². The Kier molecular flexibility index (Phi) is 8.09. The van der Waals surface area contributed by atoms with E-state index >= 15 is 0 Å². The minimum atomic E-state index is 0.312. The van der Waals surface area contributed by atoms with Gasteiger partial charge in [0.25, 0.3) is 0 Å². The molecule has 4 N–H and O–H groups in total. The number of nitrogens with zero attached hydrogens (tertiary/aromatic N) is 1. The van der Waals surface area contributed by atoms with Crippen LogP contribution in [-0.2, 0) is 0 Å². The van der Waals surface area contributed by atoms with E-state index < -0.39 is 0 Å². The molecule has 1 atom stereocenters. The van der Waals surface area contributed by atoms with Crippen molar-refractivity contribution in [2.24, 2.45) is 16.8 Å². The molecule has 0 aliphatic heterocycles. The van der Waals surface area contributed by atoms with E-state index in [2.05, 4.69) is 31.2 Å². The van der Waals surface area contributed by atoms with Crippen molar-refractivity contribution in [3.8, 4) is 0 Å². The molecule has 0 aromatic carbocycles. The molecule has 90 valence electrons. The Balaban J connectivity index is 3.35. The van der Waals surface area contributed by atoms with Gasteiger partial charge in [-0.05, 0) is 38.6 Å². The molecule has 4 nitrogen and oxygen atoms in total. The minimum Gasteiger partial charge on any atom is -0.409 e. The van der Waals surface area contributed by atoms with Gasteiger partial charge >= 0.3 is 0 Å². The van der Waals surface area contributed by atoms with E-state index in [1.165, 1.54) is 12.8 Å². The summed E-state index contributed by atoms with van der Waals surface area (Å²) in [5, 5.41) is 14.7. The lowest BCUT2D eigenvalue weighted by atomic mass is 10.0. The molecule has 15 heavy (non-hydrogen) atoms. The number of hydrogen-bond acceptors (Lipinski definition) is 3. The van der Waals surface area contributed by atoms with Gasteiger partial charge in [-0.15, -0.1) is 0 Å². The summed E-state index contributed by atoms with van der Waals surface area (Å²) in [7, 11) is 0. The number of nitrogens with one attached hydrogen (secondary N) is 1. The van der Waals surface area contributed by atoms with Gasteiger partial charge in [0, 0.05) is 12.5 Å². The van der Waals surface area contributed by atoms with Crippen LogP contribution in [0.2, 0.25) is 0 Å². The van der Waals surface area contributed by atoms with E-state index in [0.717, 1.165) is 18.9 Å². The summed E-state index contributed by atoms with van der Waals surface area (Å²) >= 11 is 0. The number of rotatable bonds is 8. The second-order valence-electron chi connectivity index (χ2n) is 4.52. The molecule has 0 saturated carbocycles. The number of nitrogens with two attached hydrogens (primary N) is 1. The van der Waals surface area contributed by atoms with Gasteiger partial charge in [-0.1, -0.05) is 19.0 Å². The Bertz CT molecular complexity index is 181. The van der Waals surface area contributed by atoms with Crippen molar-refractivity contribution in [2.45, 2.75) is 52.5 Å². The van der Waals surface area contributed by atoms with Gasteiger partial charge in [0.05, 0.1) is 0 Å². The van der Waals surface area contributed by atoms with Crippen LogP contribution in [0.5, 0.6) is 0 Å².